The summed E-state index contributed by atoms with van der Waals surface area (Å²) in [4.78, 5) is 71.9. The Hall–Kier alpha value is -3.24. The maximum Gasteiger partial charge on any atom is 0.306 e. The number of allylic oxidation sites excluding steroid dienone is 1. The zero-order chi connectivity index (χ0) is 34.4. The van der Waals surface area contributed by atoms with E-state index < -0.39 is 30.0 Å². The summed E-state index contributed by atoms with van der Waals surface area (Å²) in [7, 11) is 0. The lowest BCUT2D eigenvalue weighted by Gasteiger charge is -2.57. The fourth-order valence-electron chi connectivity index (χ4n) is 8.80. The number of esters is 5. The number of carbonyl (C=O) groups excluding carboxylic acids is 6. The Kier molecular flexibility index (Phi) is 12.3. The van der Waals surface area contributed by atoms with Crippen LogP contribution in [0.2, 0.25) is 0 Å². The van der Waals surface area contributed by atoms with Crippen molar-refractivity contribution in [3.63, 3.8) is 0 Å². The molecule has 4 aliphatic carbocycles. The van der Waals surface area contributed by atoms with Crippen molar-refractivity contribution in [3.05, 3.63) is 11.6 Å². The van der Waals surface area contributed by atoms with Gasteiger partial charge in [0.25, 0.3) is 0 Å². The normalized spacial score (nSPS) is 30.2. The number of fused-ring (bicyclic) bond motifs is 5. The highest BCUT2D eigenvalue weighted by molar-refractivity contribution is 5.91. The Morgan fingerprint density at radius 2 is 1.51 bits per heavy atom. The molecule has 3 fully saturated rings. The maximum atomic E-state index is 12.9. The number of ketones is 1. The van der Waals surface area contributed by atoms with Gasteiger partial charge < -0.3 is 23.7 Å². The summed E-state index contributed by atoms with van der Waals surface area (Å²) in [6, 6.07) is 0. The van der Waals surface area contributed by atoms with E-state index in [1.54, 1.807) is 6.92 Å². The lowest BCUT2D eigenvalue weighted by molar-refractivity contribution is -0.166. The standard InChI is InChI=1S/C36H52O11/c1-22(18-34(42)46-27(20-44-23(2)37)21-45-24(3)38)17-33(41)43-16-6-7-32(40)47-31-11-10-29-28-9-8-25-19-26(39)12-14-35(25,4)30(28)13-15-36(29,31)5/h19,22,27-31H,6-18,20-21H2,1-5H3/t22?,28-,29-,30-,31-,35-,36-/m0/s1. The zero-order valence-electron chi connectivity index (χ0n) is 28.6. The van der Waals surface area contributed by atoms with Crippen LogP contribution >= 0.6 is 0 Å². The molecule has 0 aromatic carbocycles. The van der Waals surface area contributed by atoms with E-state index in [1.807, 2.05) is 6.08 Å². The number of ether oxygens (including phenoxy) is 5. The zero-order valence-corrected chi connectivity index (χ0v) is 28.6. The molecule has 11 nitrogen and oxygen atoms in total. The molecule has 0 spiro atoms. The quantitative estimate of drug-likeness (QED) is 0.137. The third-order valence-corrected chi connectivity index (χ3v) is 11.2. The number of hydrogen-bond donors (Lipinski definition) is 0. The molecule has 0 saturated heterocycles. The summed E-state index contributed by atoms with van der Waals surface area (Å²) in [5, 5.41) is 0. The van der Waals surface area contributed by atoms with E-state index in [4.69, 9.17) is 23.7 Å². The largest absolute Gasteiger partial charge is 0.466 e. The topological polar surface area (TPSA) is 149 Å². The van der Waals surface area contributed by atoms with Gasteiger partial charge in [-0.1, -0.05) is 26.3 Å². The summed E-state index contributed by atoms with van der Waals surface area (Å²) >= 11 is 0. The first-order chi connectivity index (χ1) is 22.2. The molecule has 0 aromatic rings. The second-order valence-electron chi connectivity index (χ2n) is 14.6. The van der Waals surface area contributed by atoms with Crippen LogP contribution in [0.4, 0.5) is 0 Å². The van der Waals surface area contributed by atoms with Gasteiger partial charge in [0.1, 0.15) is 19.3 Å². The van der Waals surface area contributed by atoms with Gasteiger partial charge in [0, 0.05) is 44.9 Å². The number of carbonyl (C=O) groups is 6. The molecule has 0 aromatic heterocycles. The molecule has 0 heterocycles. The van der Waals surface area contributed by atoms with Crippen LogP contribution in [0, 0.1) is 34.5 Å². The highest BCUT2D eigenvalue weighted by Crippen LogP contribution is 2.65. The molecule has 0 N–H and O–H groups in total. The number of rotatable bonds is 14. The molecule has 3 saturated carbocycles. The van der Waals surface area contributed by atoms with Crippen LogP contribution in [-0.2, 0) is 52.5 Å². The second kappa shape index (κ2) is 15.8. The van der Waals surface area contributed by atoms with Crippen molar-refractivity contribution in [2.75, 3.05) is 19.8 Å². The van der Waals surface area contributed by atoms with Crippen molar-refractivity contribution in [3.8, 4) is 0 Å². The van der Waals surface area contributed by atoms with Gasteiger partial charge in [0.2, 0.25) is 0 Å². The smallest absolute Gasteiger partial charge is 0.306 e. The Bertz CT molecular complexity index is 1220. The van der Waals surface area contributed by atoms with Gasteiger partial charge in [-0.05, 0) is 86.5 Å². The van der Waals surface area contributed by atoms with E-state index >= 15 is 0 Å². The van der Waals surface area contributed by atoms with Crippen molar-refractivity contribution in [1.82, 2.24) is 0 Å². The molecule has 47 heavy (non-hydrogen) atoms. The van der Waals surface area contributed by atoms with Gasteiger partial charge in [-0.2, -0.15) is 0 Å². The number of hydrogen-bond acceptors (Lipinski definition) is 11. The molecular weight excluding hydrogens is 608 g/mol. The average molecular weight is 661 g/mol. The van der Waals surface area contributed by atoms with Gasteiger partial charge in [-0.15, -0.1) is 0 Å². The molecule has 0 radical (unpaired) electrons. The summed E-state index contributed by atoms with van der Waals surface area (Å²) in [5.74, 6) is -0.919. The van der Waals surface area contributed by atoms with E-state index in [9.17, 15) is 28.8 Å². The van der Waals surface area contributed by atoms with E-state index in [-0.39, 0.29) is 73.7 Å². The van der Waals surface area contributed by atoms with Crippen LogP contribution in [0.3, 0.4) is 0 Å². The minimum absolute atomic E-state index is 0.0191. The molecular formula is C36H52O11. The van der Waals surface area contributed by atoms with E-state index in [0.717, 1.165) is 44.9 Å². The van der Waals surface area contributed by atoms with E-state index in [2.05, 4.69) is 13.8 Å². The van der Waals surface area contributed by atoms with E-state index in [1.165, 1.54) is 19.4 Å². The first-order valence-electron chi connectivity index (χ1n) is 17.3. The van der Waals surface area contributed by atoms with Crippen LogP contribution in [-0.4, -0.2) is 67.7 Å². The van der Waals surface area contributed by atoms with Gasteiger partial charge in [0.05, 0.1) is 6.61 Å². The Labute approximate surface area is 277 Å². The van der Waals surface area contributed by atoms with Crippen molar-refractivity contribution in [2.24, 2.45) is 34.5 Å². The fourth-order valence-corrected chi connectivity index (χ4v) is 8.80. The maximum absolute atomic E-state index is 12.9. The summed E-state index contributed by atoms with van der Waals surface area (Å²) < 4.78 is 26.4. The Morgan fingerprint density at radius 3 is 2.19 bits per heavy atom. The monoisotopic (exact) mass is 660 g/mol. The van der Waals surface area contributed by atoms with Crippen molar-refractivity contribution >= 4 is 35.6 Å². The average Bonchev–Trinajstić information content (AvgIpc) is 3.32. The van der Waals surface area contributed by atoms with Crippen LogP contribution in [0.15, 0.2) is 11.6 Å². The minimum atomic E-state index is -0.951. The highest BCUT2D eigenvalue weighted by Gasteiger charge is 2.60. The summed E-state index contributed by atoms with van der Waals surface area (Å²) in [6.07, 6.45) is 9.04. The first kappa shape index (κ1) is 36.6. The lowest BCUT2D eigenvalue weighted by Crippen LogP contribution is -2.51. The minimum Gasteiger partial charge on any atom is -0.466 e. The molecule has 4 rings (SSSR count). The van der Waals surface area contributed by atoms with Crippen LogP contribution in [0.5, 0.6) is 0 Å². The molecule has 0 bridgehead atoms. The Morgan fingerprint density at radius 1 is 0.830 bits per heavy atom. The third-order valence-electron chi connectivity index (χ3n) is 11.2. The van der Waals surface area contributed by atoms with E-state index in [0.29, 0.717) is 30.6 Å². The molecule has 0 aliphatic heterocycles. The Balaban J connectivity index is 1.15. The lowest BCUT2D eigenvalue weighted by atomic mass is 9.47. The predicted molar refractivity (Wildman–Crippen MR) is 168 cm³/mol. The van der Waals surface area contributed by atoms with Crippen LogP contribution in [0.25, 0.3) is 0 Å². The predicted octanol–water partition coefficient (Wildman–Crippen LogP) is 5.21. The molecule has 11 heteroatoms. The molecule has 0 amide bonds. The summed E-state index contributed by atoms with van der Waals surface area (Å²) in [5.41, 5.74) is 1.44. The van der Waals surface area contributed by atoms with Crippen molar-refractivity contribution < 1.29 is 52.5 Å². The molecule has 4 aliphatic rings. The molecule has 7 atom stereocenters. The van der Waals surface area contributed by atoms with Gasteiger partial charge in [-0.25, -0.2) is 0 Å². The van der Waals surface area contributed by atoms with Gasteiger partial charge >= 0.3 is 29.8 Å². The van der Waals surface area contributed by atoms with Crippen LogP contribution in [0.1, 0.15) is 112 Å². The second-order valence-corrected chi connectivity index (χ2v) is 14.6. The van der Waals surface area contributed by atoms with Crippen LogP contribution < -0.4 is 0 Å². The third kappa shape index (κ3) is 9.22. The SMILES string of the molecule is CC(=O)OCC(COC(C)=O)OC(=O)CC(C)CC(=O)OCCCC(=O)O[C@H]1CC[C@H]2[C@@H]3CCC4=CC(=O)CC[C@]4(C)[C@H]3CC[C@]12C. The van der Waals surface area contributed by atoms with Crippen molar-refractivity contribution in [2.45, 2.75) is 124 Å². The van der Waals surface area contributed by atoms with Gasteiger partial charge in [-0.3, -0.25) is 28.8 Å². The highest BCUT2D eigenvalue weighted by atomic mass is 16.6. The van der Waals surface area contributed by atoms with Crippen molar-refractivity contribution in [1.29, 1.82) is 0 Å². The fraction of sp³-hybridized carbons (Fsp3) is 0.778. The summed E-state index contributed by atoms with van der Waals surface area (Å²) in [6.45, 7) is 8.37. The first-order valence-corrected chi connectivity index (χ1v) is 17.3. The molecule has 262 valence electrons. The van der Waals surface area contributed by atoms with Gasteiger partial charge in [0.15, 0.2) is 11.9 Å². The molecule has 1 unspecified atom stereocenters.